The highest BCUT2D eigenvalue weighted by Gasteiger charge is 2.20. The second-order valence-electron chi connectivity index (χ2n) is 4.32. The van der Waals surface area contributed by atoms with Crippen molar-refractivity contribution >= 4 is 11.7 Å². The van der Waals surface area contributed by atoms with E-state index in [4.69, 9.17) is 0 Å². The molecule has 1 atom stereocenters. The molecule has 0 aliphatic heterocycles. The molecule has 0 radical (unpaired) electrons. The van der Waals surface area contributed by atoms with Crippen LogP contribution in [0.1, 0.15) is 17.3 Å². The molecule has 0 aliphatic rings. The first-order valence-corrected chi connectivity index (χ1v) is 6.23. The molecule has 0 bridgehead atoms. The molecule has 0 aliphatic carbocycles. The molecule has 1 aromatic carbocycles. The molecule has 1 amide bonds. The highest BCUT2D eigenvalue weighted by molar-refractivity contribution is 5.94. The third-order valence-corrected chi connectivity index (χ3v) is 2.90. The Morgan fingerprint density at radius 2 is 2.00 bits per heavy atom. The molecule has 0 fully saturated rings. The fourth-order valence-electron chi connectivity index (χ4n) is 1.80. The monoisotopic (exact) mass is 260 g/mol. The lowest BCUT2D eigenvalue weighted by Crippen LogP contribution is -2.46. The van der Waals surface area contributed by atoms with Crippen molar-refractivity contribution in [2.24, 2.45) is 0 Å². The van der Waals surface area contributed by atoms with E-state index in [1.165, 1.54) is 6.92 Å². The van der Waals surface area contributed by atoms with Gasteiger partial charge in [-0.1, -0.05) is 24.3 Å². The summed E-state index contributed by atoms with van der Waals surface area (Å²) in [4.78, 5) is 25.4. The first kappa shape index (κ1) is 15.1. The van der Waals surface area contributed by atoms with Crippen molar-refractivity contribution in [3.63, 3.8) is 0 Å². The van der Waals surface area contributed by atoms with Crippen LogP contribution >= 0.6 is 0 Å². The number of carbonyl (C=O) groups excluding carboxylic acids is 2. The van der Waals surface area contributed by atoms with E-state index in [0.29, 0.717) is 18.7 Å². The summed E-state index contributed by atoms with van der Waals surface area (Å²) in [6, 6.07) is 8.68. The minimum atomic E-state index is -0.354. The Balaban J connectivity index is 2.85. The van der Waals surface area contributed by atoms with Crippen LogP contribution in [0.4, 0.5) is 0 Å². The Morgan fingerprint density at radius 1 is 1.37 bits per heavy atom. The molecule has 0 spiro atoms. The highest BCUT2D eigenvalue weighted by atomic mass is 16.2. The highest BCUT2D eigenvalue weighted by Crippen LogP contribution is 2.06. The van der Waals surface area contributed by atoms with Gasteiger partial charge in [-0.25, -0.2) is 0 Å². The Hall–Kier alpha value is -1.94. The maximum absolute atomic E-state index is 12.3. The van der Waals surface area contributed by atoms with Crippen LogP contribution in [0.15, 0.2) is 43.0 Å². The number of likely N-dealkylation sites (N-methyl/N-ethyl adjacent to an activating group) is 1. The lowest BCUT2D eigenvalue weighted by atomic mass is 10.1. The lowest BCUT2D eigenvalue weighted by molar-refractivity contribution is -0.119. The van der Waals surface area contributed by atoms with Gasteiger partial charge >= 0.3 is 0 Å². The van der Waals surface area contributed by atoms with Gasteiger partial charge in [-0.15, -0.1) is 6.58 Å². The third-order valence-electron chi connectivity index (χ3n) is 2.90. The minimum Gasteiger partial charge on any atom is -0.333 e. The van der Waals surface area contributed by atoms with E-state index in [0.717, 1.165) is 0 Å². The SMILES string of the molecule is C=CCN(C[C@H](NC)C(C)=O)C(=O)c1ccccc1. The number of hydrogen-bond donors (Lipinski definition) is 1. The van der Waals surface area contributed by atoms with Crippen molar-refractivity contribution in [1.29, 1.82) is 0 Å². The quantitative estimate of drug-likeness (QED) is 0.756. The van der Waals surface area contributed by atoms with Gasteiger partial charge in [-0.2, -0.15) is 0 Å². The first-order chi connectivity index (χ1) is 9.10. The molecule has 4 nitrogen and oxygen atoms in total. The largest absolute Gasteiger partial charge is 0.333 e. The summed E-state index contributed by atoms with van der Waals surface area (Å²) in [5.41, 5.74) is 0.614. The average molecular weight is 260 g/mol. The summed E-state index contributed by atoms with van der Waals surface area (Å²) in [5.74, 6) is -0.0839. The molecule has 0 unspecified atom stereocenters. The predicted molar refractivity (Wildman–Crippen MR) is 76.1 cm³/mol. The molecule has 19 heavy (non-hydrogen) atoms. The lowest BCUT2D eigenvalue weighted by Gasteiger charge is -2.25. The van der Waals surface area contributed by atoms with Crippen molar-refractivity contribution < 1.29 is 9.59 Å². The van der Waals surface area contributed by atoms with Crippen molar-refractivity contribution in [1.82, 2.24) is 10.2 Å². The number of amides is 1. The summed E-state index contributed by atoms with van der Waals surface area (Å²) < 4.78 is 0. The molecule has 4 heteroatoms. The van der Waals surface area contributed by atoms with Gasteiger partial charge in [-0.05, 0) is 26.1 Å². The average Bonchev–Trinajstić information content (AvgIpc) is 2.43. The number of nitrogens with one attached hydrogen (secondary N) is 1. The van der Waals surface area contributed by atoms with Crippen molar-refractivity contribution in [3.8, 4) is 0 Å². The van der Waals surface area contributed by atoms with Crippen LogP contribution in [0.2, 0.25) is 0 Å². The molecule has 0 saturated heterocycles. The predicted octanol–water partition coefficient (Wildman–Crippen LogP) is 1.49. The van der Waals surface area contributed by atoms with Crippen LogP contribution in [0.3, 0.4) is 0 Å². The fourth-order valence-corrected chi connectivity index (χ4v) is 1.80. The Kier molecular flexibility index (Phi) is 5.96. The minimum absolute atomic E-state index is 0.0115. The van der Waals surface area contributed by atoms with E-state index >= 15 is 0 Å². The number of carbonyl (C=O) groups is 2. The zero-order valence-electron chi connectivity index (χ0n) is 11.4. The van der Waals surface area contributed by atoms with Crippen LogP contribution in [-0.4, -0.2) is 42.8 Å². The van der Waals surface area contributed by atoms with E-state index in [1.54, 1.807) is 30.2 Å². The number of benzene rings is 1. The van der Waals surface area contributed by atoms with Gasteiger partial charge in [0, 0.05) is 18.7 Å². The topological polar surface area (TPSA) is 49.4 Å². The third kappa shape index (κ3) is 4.34. The smallest absolute Gasteiger partial charge is 0.254 e. The molecule has 0 saturated carbocycles. The van der Waals surface area contributed by atoms with Gasteiger partial charge in [0.25, 0.3) is 5.91 Å². The summed E-state index contributed by atoms with van der Waals surface area (Å²) in [5, 5.41) is 2.92. The van der Waals surface area contributed by atoms with Gasteiger partial charge in [0.2, 0.25) is 0 Å². The van der Waals surface area contributed by atoms with E-state index < -0.39 is 0 Å². The molecule has 0 heterocycles. The fraction of sp³-hybridized carbons (Fsp3) is 0.333. The van der Waals surface area contributed by atoms with E-state index in [-0.39, 0.29) is 17.7 Å². The van der Waals surface area contributed by atoms with Gasteiger partial charge in [0.1, 0.15) is 5.78 Å². The molecule has 102 valence electrons. The van der Waals surface area contributed by atoms with Crippen LogP contribution in [0.5, 0.6) is 0 Å². The normalized spacial score (nSPS) is 11.7. The van der Waals surface area contributed by atoms with Crippen LogP contribution in [0, 0.1) is 0 Å². The van der Waals surface area contributed by atoms with Crippen LogP contribution in [-0.2, 0) is 4.79 Å². The molecule has 1 rings (SSSR count). The van der Waals surface area contributed by atoms with Gasteiger partial charge in [0.15, 0.2) is 0 Å². The maximum Gasteiger partial charge on any atom is 0.254 e. The zero-order valence-corrected chi connectivity index (χ0v) is 11.4. The van der Waals surface area contributed by atoms with Gasteiger partial charge in [-0.3, -0.25) is 9.59 Å². The van der Waals surface area contributed by atoms with Crippen molar-refractivity contribution in [2.75, 3.05) is 20.1 Å². The summed E-state index contributed by atoms with van der Waals surface area (Å²) in [6.07, 6.45) is 1.66. The standard InChI is InChI=1S/C15H20N2O2/c1-4-10-17(11-14(16-3)12(2)18)15(19)13-8-6-5-7-9-13/h4-9,14,16H,1,10-11H2,2-3H3/t14-/m0/s1. The Bertz CT molecular complexity index is 443. The maximum atomic E-state index is 12.3. The molecular formula is C15H20N2O2. The van der Waals surface area contributed by atoms with E-state index in [1.807, 2.05) is 18.2 Å². The first-order valence-electron chi connectivity index (χ1n) is 6.23. The van der Waals surface area contributed by atoms with Crippen LogP contribution < -0.4 is 5.32 Å². The molecule has 1 N–H and O–H groups in total. The summed E-state index contributed by atoms with van der Waals surface area (Å²) in [7, 11) is 1.71. The van der Waals surface area contributed by atoms with E-state index in [9.17, 15) is 9.59 Å². The molecule has 0 aromatic heterocycles. The number of nitrogens with zero attached hydrogens (tertiary/aromatic N) is 1. The Labute approximate surface area is 114 Å². The summed E-state index contributed by atoms with van der Waals surface area (Å²) in [6.45, 7) is 5.92. The second-order valence-corrected chi connectivity index (χ2v) is 4.32. The summed E-state index contributed by atoms with van der Waals surface area (Å²) >= 11 is 0. The Morgan fingerprint density at radius 3 is 2.47 bits per heavy atom. The van der Waals surface area contributed by atoms with Crippen molar-refractivity contribution in [2.45, 2.75) is 13.0 Å². The number of hydrogen-bond acceptors (Lipinski definition) is 3. The van der Waals surface area contributed by atoms with Gasteiger partial charge < -0.3 is 10.2 Å². The number of rotatable bonds is 7. The second kappa shape index (κ2) is 7.48. The molecular weight excluding hydrogens is 240 g/mol. The number of ketones is 1. The zero-order chi connectivity index (χ0) is 14.3. The van der Waals surface area contributed by atoms with Crippen LogP contribution in [0.25, 0.3) is 0 Å². The molecule has 1 aromatic rings. The van der Waals surface area contributed by atoms with Gasteiger partial charge in [0.05, 0.1) is 6.04 Å². The van der Waals surface area contributed by atoms with Crippen molar-refractivity contribution in [3.05, 3.63) is 48.6 Å². The van der Waals surface area contributed by atoms with E-state index in [2.05, 4.69) is 11.9 Å². The number of Topliss-reactive ketones (excluding diaryl/α,β-unsaturated/α-hetero) is 1.